The number of cyclic esters (lactones) is 1. The van der Waals surface area contributed by atoms with Gasteiger partial charge in [0.2, 0.25) is 0 Å². The molecule has 4 nitrogen and oxygen atoms in total. The molecule has 1 heterocycles. The summed E-state index contributed by atoms with van der Waals surface area (Å²) in [5.41, 5.74) is -0.404. The molecule has 0 aromatic heterocycles. The molecule has 1 aliphatic rings. The third kappa shape index (κ3) is 2.09. The molecule has 18 heavy (non-hydrogen) atoms. The molecule has 1 aromatic carbocycles. The highest BCUT2D eigenvalue weighted by molar-refractivity contribution is 5.69. The molecular weight excluding hydrogens is 249 g/mol. The number of carbonyl (C=O) groups excluding carboxylic acids is 1. The van der Waals surface area contributed by atoms with Crippen LogP contribution in [0.4, 0.5) is 18.0 Å². The quantitative estimate of drug-likeness (QED) is 0.837. The van der Waals surface area contributed by atoms with Crippen LogP contribution in [-0.4, -0.2) is 18.6 Å². The van der Waals surface area contributed by atoms with Crippen molar-refractivity contribution in [3.05, 3.63) is 35.1 Å². The van der Waals surface area contributed by atoms with Crippen molar-refractivity contribution >= 4 is 6.09 Å². The average molecular weight is 256 g/mol. The van der Waals surface area contributed by atoms with Gasteiger partial charge in [-0.3, -0.25) is 0 Å². The number of ether oxygens (including phenoxy) is 1. The molecule has 0 bridgehead atoms. The molecule has 94 valence electrons. The minimum absolute atomic E-state index is 0.0467. The van der Waals surface area contributed by atoms with Crippen molar-refractivity contribution in [3.8, 4) is 6.07 Å². The van der Waals surface area contributed by atoms with Crippen LogP contribution < -0.4 is 5.32 Å². The molecular formula is C11H7F3N2O2. The number of alkyl carbamates (subject to hydrolysis) is 1. The number of hydrogen-bond donors (Lipinski definition) is 1. The number of nitriles is 1. The molecule has 1 saturated heterocycles. The number of nitrogens with zero attached hydrogens (tertiary/aromatic N) is 1. The van der Waals surface area contributed by atoms with Crippen molar-refractivity contribution in [2.45, 2.75) is 12.0 Å². The van der Waals surface area contributed by atoms with Gasteiger partial charge in [-0.05, 0) is 17.7 Å². The van der Waals surface area contributed by atoms with Crippen molar-refractivity contribution in [3.63, 3.8) is 0 Å². The number of amides is 1. The number of rotatable bonds is 1. The van der Waals surface area contributed by atoms with Crippen LogP contribution in [0.2, 0.25) is 0 Å². The van der Waals surface area contributed by atoms with Crippen LogP contribution in [0.3, 0.4) is 0 Å². The second kappa shape index (κ2) is 4.22. The SMILES string of the molecule is N#Cc1cc([C@@H]2NC(=O)OCC2(F)F)ccc1F. The van der Waals surface area contributed by atoms with Crippen LogP contribution in [-0.2, 0) is 4.74 Å². The number of carbonyl (C=O) groups is 1. The Balaban J connectivity index is 2.41. The minimum Gasteiger partial charge on any atom is -0.443 e. The predicted octanol–water partition coefficient (Wildman–Crippen LogP) is 2.11. The standard InChI is InChI=1S/C11H7F3N2O2/c12-8-2-1-6(3-7(8)4-15)9-11(13,14)5-18-10(17)16-9/h1-3,9H,5H2,(H,16,17)/t9-/m0/s1. The number of halogens is 3. The fourth-order valence-electron chi connectivity index (χ4n) is 1.65. The second-order valence-corrected chi connectivity index (χ2v) is 3.77. The summed E-state index contributed by atoms with van der Waals surface area (Å²) in [6.45, 7) is -1.05. The predicted molar refractivity (Wildman–Crippen MR) is 53.3 cm³/mol. The van der Waals surface area contributed by atoms with Crippen LogP contribution in [0.15, 0.2) is 18.2 Å². The first-order valence-electron chi connectivity index (χ1n) is 4.95. The van der Waals surface area contributed by atoms with Gasteiger partial charge in [-0.2, -0.15) is 5.26 Å². The van der Waals surface area contributed by atoms with Crippen LogP contribution >= 0.6 is 0 Å². The van der Waals surface area contributed by atoms with E-state index in [0.717, 1.165) is 18.2 Å². The van der Waals surface area contributed by atoms with E-state index < -0.39 is 30.5 Å². The highest BCUT2D eigenvalue weighted by Gasteiger charge is 2.46. The first kappa shape index (κ1) is 12.2. The van der Waals surface area contributed by atoms with E-state index in [1.807, 2.05) is 5.32 Å². The zero-order valence-corrected chi connectivity index (χ0v) is 8.91. The molecule has 0 radical (unpaired) electrons. The van der Waals surface area contributed by atoms with E-state index in [4.69, 9.17) is 5.26 Å². The summed E-state index contributed by atoms with van der Waals surface area (Å²) in [6.07, 6.45) is -0.978. The summed E-state index contributed by atoms with van der Waals surface area (Å²) in [5, 5.41) is 10.6. The molecule has 1 atom stereocenters. The van der Waals surface area contributed by atoms with Crippen LogP contribution in [0.1, 0.15) is 17.2 Å². The molecule has 1 fully saturated rings. The van der Waals surface area contributed by atoms with Gasteiger partial charge in [0.05, 0.1) is 5.56 Å². The lowest BCUT2D eigenvalue weighted by Crippen LogP contribution is -2.49. The van der Waals surface area contributed by atoms with Crippen molar-refractivity contribution in [1.82, 2.24) is 5.32 Å². The summed E-state index contributed by atoms with van der Waals surface area (Å²) in [6, 6.07) is 2.91. The Hall–Kier alpha value is -2.23. The van der Waals surface area contributed by atoms with Gasteiger partial charge in [0, 0.05) is 0 Å². The van der Waals surface area contributed by atoms with Gasteiger partial charge in [-0.1, -0.05) is 6.07 Å². The lowest BCUT2D eigenvalue weighted by Gasteiger charge is -2.31. The van der Waals surface area contributed by atoms with E-state index in [1.54, 1.807) is 6.07 Å². The number of nitrogens with one attached hydrogen (secondary N) is 1. The fraction of sp³-hybridized carbons (Fsp3) is 0.273. The Morgan fingerprint density at radius 2 is 2.22 bits per heavy atom. The zero-order valence-electron chi connectivity index (χ0n) is 8.91. The fourth-order valence-corrected chi connectivity index (χ4v) is 1.65. The molecule has 1 amide bonds. The summed E-state index contributed by atoms with van der Waals surface area (Å²) in [7, 11) is 0. The van der Waals surface area contributed by atoms with Crippen LogP contribution in [0.5, 0.6) is 0 Å². The average Bonchev–Trinajstić information content (AvgIpc) is 2.33. The van der Waals surface area contributed by atoms with E-state index >= 15 is 0 Å². The monoisotopic (exact) mass is 256 g/mol. The second-order valence-electron chi connectivity index (χ2n) is 3.77. The summed E-state index contributed by atoms with van der Waals surface area (Å²) in [4.78, 5) is 11.0. The molecule has 0 aliphatic carbocycles. The third-order valence-electron chi connectivity index (χ3n) is 2.52. The first-order chi connectivity index (χ1) is 8.44. The van der Waals surface area contributed by atoms with E-state index in [0.29, 0.717) is 0 Å². The molecule has 1 N–H and O–H groups in total. The van der Waals surface area contributed by atoms with E-state index in [9.17, 15) is 18.0 Å². The third-order valence-corrected chi connectivity index (χ3v) is 2.52. The number of alkyl halides is 2. The van der Waals surface area contributed by atoms with Gasteiger partial charge in [-0.15, -0.1) is 0 Å². The minimum atomic E-state index is -3.32. The molecule has 0 spiro atoms. The maximum absolute atomic E-state index is 13.5. The van der Waals surface area contributed by atoms with Gasteiger partial charge in [0.25, 0.3) is 0 Å². The Kier molecular flexibility index (Phi) is 2.87. The van der Waals surface area contributed by atoms with Crippen molar-refractivity contribution < 1.29 is 22.7 Å². The zero-order chi connectivity index (χ0) is 13.3. The molecule has 1 aromatic rings. The normalized spacial score (nSPS) is 21.7. The van der Waals surface area contributed by atoms with Crippen LogP contribution in [0.25, 0.3) is 0 Å². The Morgan fingerprint density at radius 3 is 2.89 bits per heavy atom. The van der Waals surface area contributed by atoms with Gasteiger partial charge < -0.3 is 10.1 Å². The summed E-state index contributed by atoms with van der Waals surface area (Å²) in [5.74, 6) is -4.12. The highest BCUT2D eigenvalue weighted by Crippen LogP contribution is 2.34. The largest absolute Gasteiger partial charge is 0.443 e. The lowest BCUT2D eigenvalue weighted by molar-refractivity contribution is -0.104. The summed E-state index contributed by atoms with van der Waals surface area (Å²) < 4.78 is 44.4. The van der Waals surface area contributed by atoms with Crippen molar-refractivity contribution in [2.24, 2.45) is 0 Å². The van der Waals surface area contributed by atoms with Gasteiger partial charge in [0.15, 0.2) is 6.61 Å². The Bertz CT molecular complexity index is 540. The van der Waals surface area contributed by atoms with Gasteiger partial charge >= 0.3 is 12.0 Å². The van der Waals surface area contributed by atoms with E-state index in [1.165, 1.54) is 0 Å². The van der Waals surface area contributed by atoms with E-state index in [2.05, 4.69) is 4.74 Å². The van der Waals surface area contributed by atoms with Gasteiger partial charge in [0.1, 0.15) is 17.9 Å². The Labute approximate surface area is 100.0 Å². The number of benzene rings is 1. The smallest absolute Gasteiger partial charge is 0.408 e. The maximum Gasteiger partial charge on any atom is 0.408 e. The highest BCUT2D eigenvalue weighted by atomic mass is 19.3. The summed E-state index contributed by atoms with van der Waals surface area (Å²) >= 11 is 0. The maximum atomic E-state index is 13.5. The molecule has 0 saturated carbocycles. The van der Waals surface area contributed by atoms with Crippen molar-refractivity contribution in [1.29, 1.82) is 5.26 Å². The Morgan fingerprint density at radius 1 is 1.50 bits per heavy atom. The molecule has 2 rings (SSSR count). The lowest BCUT2D eigenvalue weighted by atomic mass is 9.98. The van der Waals surface area contributed by atoms with Gasteiger partial charge in [-0.25, -0.2) is 18.0 Å². The number of hydrogen-bond acceptors (Lipinski definition) is 3. The topological polar surface area (TPSA) is 62.1 Å². The van der Waals surface area contributed by atoms with Crippen molar-refractivity contribution in [2.75, 3.05) is 6.61 Å². The first-order valence-corrected chi connectivity index (χ1v) is 4.95. The van der Waals surface area contributed by atoms with E-state index in [-0.39, 0.29) is 11.1 Å². The molecule has 1 aliphatic heterocycles. The molecule has 0 unspecified atom stereocenters. The van der Waals surface area contributed by atoms with Crippen LogP contribution in [0, 0.1) is 17.1 Å². The molecule has 7 heteroatoms.